The van der Waals surface area contributed by atoms with Gasteiger partial charge in [0, 0.05) is 18.7 Å². The number of nitrogens with zero attached hydrogens (tertiary/aromatic N) is 1. The third kappa shape index (κ3) is 4.82. The average molecular weight is 286 g/mol. The van der Waals surface area contributed by atoms with Crippen LogP contribution >= 0.6 is 11.8 Å². The fourth-order valence-electron chi connectivity index (χ4n) is 1.10. The minimum absolute atomic E-state index is 0.189. The summed E-state index contributed by atoms with van der Waals surface area (Å²) >= 11 is -0.255. The Morgan fingerprint density at radius 1 is 1.56 bits per heavy atom. The molecular formula is C8H9F3N2O4S. The number of nitrogens with one attached hydrogen (secondary N) is 1. The van der Waals surface area contributed by atoms with Crippen molar-refractivity contribution in [2.75, 3.05) is 12.3 Å². The molecule has 1 aliphatic heterocycles. The van der Waals surface area contributed by atoms with Gasteiger partial charge in [-0.15, -0.1) is 0 Å². The molecule has 1 unspecified atom stereocenters. The summed E-state index contributed by atoms with van der Waals surface area (Å²) in [6.45, 7) is -0.189. The van der Waals surface area contributed by atoms with E-state index in [2.05, 4.69) is 15.3 Å². The van der Waals surface area contributed by atoms with E-state index in [1.54, 1.807) is 0 Å². The van der Waals surface area contributed by atoms with Crippen molar-refractivity contribution >= 4 is 29.4 Å². The molecule has 0 saturated carbocycles. The molecule has 6 nitrogen and oxygen atoms in total. The number of carboxylic acids is 1. The van der Waals surface area contributed by atoms with E-state index in [4.69, 9.17) is 5.11 Å². The van der Waals surface area contributed by atoms with Gasteiger partial charge < -0.3 is 15.3 Å². The summed E-state index contributed by atoms with van der Waals surface area (Å²) in [6, 6.07) is 0. The molecule has 0 saturated heterocycles. The van der Waals surface area contributed by atoms with Crippen molar-refractivity contribution < 1.29 is 32.7 Å². The van der Waals surface area contributed by atoms with Gasteiger partial charge in [-0.2, -0.15) is 13.2 Å². The lowest BCUT2D eigenvalue weighted by molar-refractivity contribution is -0.131. The van der Waals surface area contributed by atoms with Crippen molar-refractivity contribution in [3.63, 3.8) is 0 Å². The highest BCUT2D eigenvalue weighted by Gasteiger charge is 2.32. The molecule has 0 aromatic heterocycles. The molecule has 0 radical (unpaired) electrons. The Bertz CT molecular complexity index is 372. The molecule has 0 aromatic carbocycles. The van der Waals surface area contributed by atoms with Gasteiger partial charge in [0.15, 0.2) is 5.71 Å². The molecular weight excluding hydrogens is 277 g/mol. The van der Waals surface area contributed by atoms with Crippen LogP contribution in [0.1, 0.15) is 6.42 Å². The Morgan fingerprint density at radius 3 is 2.72 bits per heavy atom. The number of thioether (sulfide) groups is 1. The molecule has 18 heavy (non-hydrogen) atoms. The number of alkyl halides is 3. The first-order valence-corrected chi connectivity index (χ1v) is 5.72. The zero-order valence-electron chi connectivity index (χ0n) is 8.86. The standard InChI is InChI=1S/C8H9F3N2O4S/c9-8(10,11)18-2-1-12-6(14)5-3-4(7(15)16)13-17-5/h5H,1-3H2,(H,12,14)(H,15,16). The molecule has 10 heteroatoms. The van der Waals surface area contributed by atoms with E-state index in [9.17, 15) is 22.8 Å². The Hall–Kier alpha value is -1.45. The maximum atomic E-state index is 11.8. The molecule has 1 amide bonds. The zero-order chi connectivity index (χ0) is 13.8. The lowest BCUT2D eigenvalue weighted by Crippen LogP contribution is -2.36. The Balaban J connectivity index is 2.22. The summed E-state index contributed by atoms with van der Waals surface area (Å²) in [5, 5.41) is 13.9. The van der Waals surface area contributed by atoms with Crippen molar-refractivity contribution in [1.29, 1.82) is 0 Å². The van der Waals surface area contributed by atoms with Gasteiger partial charge >= 0.3 is 11.5 Å². The third-order valence-corrected chi connectivity index (χ3v) is 2.61. The lowest BCUT2D eigenvalue weighted by Gasteiger charge is -2.09. The minimum atomic E-state index is -4.34. The largest absolute Gasteiger partial charge is 0.477 e. The van der Waals surface area contributed by atoms with Gasteiger partial charge in [0.2, 0.25) is 6.10 Å². The molecule has 0 bridgehead atoms. The second-order valence-corrected chi connectivity index (χ2v) is 4.39. The highest BCUT2D eigenvalue weighted by molar-refractivity contribution is 8.00. The molecule has 1 atom stereocenters. The number of carbonyl (C=O) groups excluding carboxylic acids is 1. The Labute approximate surface area is 104 Å². The summed E-state index contributed by atoms with van der Waals surface area (Å²) < 4.78 is 35.3. The quantitative estimate of drug-likeness (QED) is 0.722. The second-order valence-electron chi connectivity index (χ2n) is 3.23. The van der Waals surface area contributed by atoms with E-state index < -0.39 is 23.5 Å². The fraction of sp³-hybridized carbons (Fsp3) is 0.625. The minimum Gasteiger partial charge on any atom is -0.477 e. The predicted molar refractivity (Wildman–Crippen MR) is 56.1 cm³/mol. The number of hydrogen-bond acceptors (Lipinski definition) is 5. The van der Waals surface area contributed by atoms with E-state index in [1.807, 2.05) is 0 Å². The van der Waals surface area contributed by atoms with Gasteiger partial charge in [-0.25, -0.2) is 4.79 Å². The second kappa shape index (κ2) is 5.94. The van der Waals surface area contributed by atoms with Crippen LogP contribution in [0.3, 0.4) is 0 Å². The summed E-state index contributed by atoms with van der Waals surface area (Å²) in [6.07, 6.45) is -1.29. The molecule has 0 aliphatic carbocycles. The first-order valence-electron chi connectivity index (χ1n) is 4.74. The van der Waals surface area contributed by atoms with Crippen LogP contribution in [0.15, 0.2) is 5.16 Å². The third-order valence-electron chi connectivity index (χ3n) is 1.88. The van der Waals surface area contributed by atoms with Gasteiger partial charge in [-0.3, -0.25) is 4.79 Å². The SMILES string of the molecule is O=C(O)C1=NOC(C(=O)NCCSC(F)(F)F)C1. The van der Waals surface area contributed by atoms with Gasteiger partial charge in [0.25, 0.3) is 5.91 Å². The van der Waals surface area contributed by atoms with Crippen LogP contribution in [-0.4, -0.2) is 46.6 Å². The summed E-state index contributed by atoms with van der Waals surface area (Å²) in [4.78, 5) is 26.4. The number of rotatable bonds is 5. The Kier molecular flexibility index (Phi) is 4.82. The number of oxime groups is 1. The van der Waals surface area contributed by atoms with Gasteiger partial charge in [-0.05, 0) is 11.8 Å². The van der Waals surface area contributed by atoms with Crippen LogP contribution in [0.4, 0.5) is 13.2 Å². The maximum absolute atomic E-state index is 11.8. The smallest absolute Gasteiger partial charge is 0.441 e. The van der Waals surface area contributed by atoms with Crippen LogP contribution in [0.2, 0.25) is 0 Å². The van der Waals surface area contributed by atoms with E-state index >= 15 is 0 Å². The summed E-state index contributed by atoms with van der Waals surface area (Å²) in [5.74, 6) is -2.30. The van der Waals surface area contributed by atoms with Gasteiger partial charge in [-0.1, -0.05) is 5.16 Å². The fourth-order valence-corrected chi connectivity index (χ4v) is 1.53. The highest BCUT2D eigenvalue weighted by Crippen LogP contribution is 2.29. The number of halogens is 3. The van der Waals surface area contributed by atoms with Gasteiger partial charge in [0.05, 0.1) is 0 Å². The van der Waals surface area contributed by atoms with Crippen molar-refractivity contribution in [3.05, 3.63) is 0 Å². The predicted octanol–water partition coefficient (Wildman–Crippen LogP) is 0.585. The van der Waals surface area contributed by atoms with E-state index in [0.717, 1.165) is 0 Å². The molecule has 1 rings (SSSR count). The zero-order valence-corrected chi connectivity index (χ0v) is 9.68. The normalized spacial score (nSPS) is 19.1. The summed E-state index contributed by atoms with van der Waals surface area (Å²) in [7, 11) is 0. The van der Waals surface area contributed by atoms with Crippen LogP contribution in [0.25, 0.3) is 0 Å². The van der Waals surface area contributed by atoms with Crippen LogP contribution in [0.5, 0.6) is 0 Å². The molecule has 1 aliphatic rings. The maximum Gasteiger partial charge on any atom is 0.441 e. The Morgan fingerprint density at radius 2 is 2.22 bits per heavy atom. The van der Waals surface area contributed by atoms with Crippen LogP contribution in [0, 0.1) is 0 Å². The van der Waals surface area contributed by atoms with Crippen LogP contribution < -0.4 is 5.32 Å². The molecule has 2 N–H and O–H groups in total. The van der Waals surface area contributed by atoms with Crippen molar-refractivity contribution in [3.8, 4) is 0 Å². The molecule has 1 heterocycles. The monoisotopic (exact) mass is 286 g/mol. The average Bonchev–Trinajstić information content (AvgIpc) is 2.72. The highest BCUT2D eigenvalue weighted by atomic mass is 32.2. The van der Waals surface area contributed by atoms with E-state index in [1.165, 1.54) is 0 Å². The van der Waals surface area contributed by atoms with Crippen molar-refractivity contribution in [1.82, 2.24) is 5.32 Å². The number of carboxylic acid groups (broad SMARTS) is 1. The van der Waals surface area contributed by atoms with Crippen molar-refractivity contribution in [2.45, 2.75) is 18.0 Å². The first-order chi connectivity index (χ1) is 8.29. The van der Waals surface area contributed by atoms with Crippen molar-refractivity contribution in [2.24, 2.45) is 5.16 Å². The first kappa shape index (κ1) is 14.6. The molecule has 102 valence electrons. The summed E-state index contributed by atoms with van der Waals surface area (Å²) in [5.41, 5.74) is -4.63. The van der Waals surface area contributed by atoms with E-state index in [0.29, 0.717) is 0 Å². The lowest BCUT2D eigenvalue weighted by atomic mass is 10.2. The molecule has 0 aromatic rings. The van der Waals surface area contributed by atoms with E-state index in [-0.39, 0.29) is 36.2 Å². The van der Waals surface area contributed by atoms with Crippen LogP contribution in [-0.2, 0) is 14.4 Å². The number of aliphatic carboxylic acids is 1. The topological polar surface area (TPSA) is 88.0 Å². The molecule has 0 fully saturated rings. The number of carbonyl (C=O) groups is 2. The number of hydrogen-bond donors (Lipinski definition) is 2. The number of amides is 1. The molecule has 0 spiro atoms. The van der Waals surface area contributed by atoms with Gasteiger partial charge in [0.1, 0.15) is 0 Å².